The molecule has 0 radical (unpaired) electrons. The first-order chi connectivity index (χ1) is 10.2. The van der Waals surface area contributed by atoms with Gasteiger partial charge >= 0.3 is 18.1 Å². The maximum absolute atomic E-state index is 12.8. The van der Waals surface area contributed by atoms with Crippen LogP contribution in [0.3, 0.4) is 0 Å². The number of carbonyl (C=O) groups is 2. The highest BCUT2D eigenvalue weighted by atomic mass is 19.4. The van der Waals surface area contributed by atoms with Gasteiger partial charge in [0.15, 0.2) is 0 Å². The quantitative estimate of drug-likeness (QED) is 0.680. The minimum Gasteiger partial charge on any atom is -0.459 e. The van der Waals surface area contributed by atoms with Gasteiger partial charge in [-0.3, -0.25) is 4.79 Å². The number of carbonyl (C=O) groups excluding carboxylic acids is 2. The lowest BCUT2D eigenvalue weighted by Crippen LogP contribution is -2.24. The molecule has 2 rings (SSSR count). The number of esters is 1. The standard InChI is InChI=1S/C13H12F3N3O3/c1-3-22-11(21)10(20)17-7-4-5-9-8(6-7)18-12(19(9)2)13(14,15)16/h4-6H,3H2,1-2H3,(H,17,20). The number of fused-ring (bicyclic) bond motifs is 1. The molecule has 0 saturated heterocycles. The second-order valence-corrected chi connectivity index (χ2v) is 4.37. The Hall–Kier alpha value is -2.58. The molecule has 0 unspecified atom stereocenters. The van der Waals surface area contributed by atoms with E-state index in [-0.39, 0.29) is 23.3 Å². The van der Waals surface area contributed by atoms with Gasteiger partial charge in [-0.2, -0.15) is 13.2 Å². The number of benzene rings is 1. The summed E-state index contributed by atoms with van der Waals surface area (Å²) in [7, 11) is 1.25. The van der Waals surface area contributed by atoms with Crippen LogP contribution in [-0.4, -0.2) is 28.0 Å². The third kappa shape index (κ3) is 3.02. The van der Waals surface area contributed by atoms with Crippen LogP contribution >= 0.6 is 0 Å². The predicted molar refractivity (Wildman–Crippen MR) is 71.0 cm³/mol. The molecule has 0 aliphatic heterocycles. The van der Waals surface area contributed by atoms with Crippen LogP contribution in [0.5, 0.6) is 0 Å². The molecule has 0 saturated carbocycles. The summed E-state index contributed by atoms with van der Waals surface area (Å²) in [5.41, 5.74) is 0.454. The first-order valence-corrected chi connectivity index (χ1v) is 6.25. The Kier molecular flexibility index (Phi) is 4.07. The van der Waals surface area contributed by atoms with Crippen LogP contribution in [-0.2, 0) is 27.5 Å². The molecule has 2 aromatic rings. The van der Waals surface area contributed by atoms with Crippen LogP contribution in [0.2, 0.25) is 0 Å². The van der Waals surface area contributed by atoms with Gasteiger partial charge < -0.3 is 14.6 Å². The van der Waals surface area contributed by atoms with Gasteiger partial charge in [-0.15, -0.1) is 0 Å². The van der Waals surface area contributed by atoms with E-state index in [1.807, 2.05) is 0 Å². The average Bonchev–Trinajstić information content (AvgIpc) is 2.76. The zero-order valence-electron chi connectivity index (χ0n) is 11.7. The molecule has 1 heterocycles. The lowest BCUT2D eigenvalue weighted by molar-refractivity contribution is -0.152. The third-order valence-corrected chi connectivity index (χ3v) is 2.85. The van der Waals surface area contributed by atoms with E-state index in [1.165, 1.54) is 25.2 Å². The lowest BCUT2D eigenvalue weighted by atomic mass is 10.2. The van der Waals surface area contributed by atoms with Crippen LogP contribution in [0.4, 0.5) is 18.9 Å². The molecule has 9 heteroatoms. The fourth-order valence-corrected chi connectivity index (χ4v) is 1.91. The summed E-state index contributed by atoms with van der Waals surface area (Å²) in [5, 5.41) is 2.24. The molecule has 0 atom stereocenters. The minimum absolute atomic E-state index is 0.0421. The van der Waals surface area contributed by atoms with Crippen molar-refractivity contribution in [1.29, 1.82) is 0 Å². The highest BCUT2D eigenvalue weighted by Crippen LogP contribution is 2.31. The van der Waals surface area contributed by atoms with E-state index in [0.29, 0.717) is 0 Å². The summed E-state index contributed by atoms with van der Waals surface area (Å²) in [6, 6.07) is 4.00. The molecule has 1 amide bonds. The number of aromatic nitrogens is 2. The zero-order chi connectivity index (χ0) is 16.5. The predicted octanol–water partition coefficient (Wildman–Crippen LogP) is 2.09. The number of rotatable bonds is 2. The number of halogens is 3. The highest BCUT2D eigenvalue weighted by Gasteiger charge is 2.36. The van der Waals surface area contributed by atoms with E-state index < -0.39 is 23.9 Å². The van der Waals surface area contributed by atoms with Crippen LogP contribution < -0.4 is 5.32 Å². The molecule has 1 aromatic heterocycles. The number of nitrogens with zero attached hydrogens (tertiary/aromatic N) is 2. The summed E-state index contributed by atoms with van der Waals surface area (Å²) in [6.45, 7) is 1.59. The minimum atomic E-state index is -4.58. The number of alkyl halides is 3. The van der Waals surface area contributed by atoms with Gasteiger partial charge in [-0.1, -0.05) is 0 Å². The van der Waals surface area contributed by atoms with E-state index in [2.05, 4.69) is 15.0 Å². The van der Waals surface area contributed by atoms with Gasteiger partial charge in [0.2, 0.25) is 5.82 Å². The van der Waals surface area contributed by atoms with Crippen molar-refractivity contribution in [3.05, 3.63) is 24.0 Å². The fourth-order valence-electron chi connectivity index (χ4n) is 1.91. The van der Waals surface area contributed by atoms with Gasteiger partial charge in [0.1, 0.15) is 0 Å². The van der Waals surface area contributed by atoms with Crippen molar-refractivity contribution in [2.45, 2.75) is 13.1 Å². The summed E-state index contributed by atoms with van der Waals surface area (Å²) in [6.07, 6.45) is -4.58. The largest absolute Gasteiger partial charge is 0.459 e. The van der Waals surface area contributed by atoms with E-state index >= 15 is 0 Å². The molecule has 0 spiro atoms. The number of aryl methyl sites for hydroxylation is 1. The van der Waals surface area contributed by atoms with Crippen molar-refractivity contribution in [3.63, 3.8) is 0 Å². The van der Waals surface area contributed by atoms with Gasteiger partial charge in [0.25, 0.3) is 0 Å². The number of imidazole rings is 1. The average molecular weight is 315 g/mol. The maximum atomic E-state index is 12.8. The molecule has 118 valence electrons. The molecular formula is C13H12F3N3O3. The first kappa shape index (κ1) is 15.8. The topological polar surface area (TPSA) is 73.2 Å². The van der Waals surface area contributed by atoms with Crippen LogP contribution in [0.1, 0.15) is 12.7 Å². The summed E-state index contributed by atoms with van der Waals surface area (Å²) in [4.78, 5) is 26.2. The summed E-state index contributed by atoms with van der Waals surface area (Å²) < 4.78 is 43.7. The molecule has 22 heavy (non-hydrogen) atoms. The number of ether oxygens (including phenoxy) is 1. The molecule has 0 aliphatic rings. The van der Waals surface area contributed by atoms with Crippen molar-refractivity contribution in [3.8, 4) is 0 Å². The van der Waals surface area contributed by atoms with Gasteiger partial charge in [0, 0.05) is 12.7 Å². The van der Waals surface area contributed by atoms with Crippen molar-refractivity contribution >= 4 is 28.6 Å². The Bertz CT molecular complexity index is 737. The van der Waals surface area contributed by atoms with Crippen molar-refractivity contribution in [1.82, 2.24) is 9.55 Å². The summed E-state index contributed by atoms with van der Waals surface area (Å²) >= 11 is 0. The monoisotopic (exact) mass is 315 g/mol. The zero-order valence-corrected chi connectivity index (χ0v) is 11.7. The van der Waals surface area contributed by atoms with E-state index in [9.17, 15) is 22.8 Å². The lowest BCUT2D eigenvalue weighted by Gasteiger charge is -2.06. The Balaban J connectivity index is 2.32. The Morgan fingerprint density at radius 1 is 1.36 bits per heavy atom. The van der Waals surface area contributed by atoms with E-state index in [0.717, 1.165) is 4.57 Å². The van der Waals surface area contributed by atoms with Crippen LogP contribution in [0.15, 0.2) is 18.2 Å². The Labute approximate surface area is 122 Å². The van der Waals surface area contributed by atoms with Crippen molar-refractivity contribution in [2.75, 3.05) is 11.9 Å². The third-order valence-electron chi connectivity index (χ3n) is 2.85. The van der Waals surface area contributed by atoms with Crippen molar-refractivity contribution < 1.29 is 27.5 Å². The smallest absolute Gasteiger partial charge is 0.449 e. The van der Waals surface area contributed by atoms with Gasteiger partial charge in [-0.05, 0) is 25.1 Å². The Morgan fingerprint density at radius 2 is 2.05 bits per heavy atom. The number of anilines is 1. The molecule has 0 bridgehead atoms. The normalized spacial score (nSPS) is 11.5. The van der Waals surface area contributed by atoms with Crippen LogP contribution in [0, 0.1) is 0 Å². The molecule has 0 fully saturated rings. The number of hydrogen-bond acceptors (Lipinski definition) is 4. The van der Waals surface area contributed by atoms with Crippen LogP contribution in [0.25, 0.3) is 11.0 Å². The molecule has 1 N–H and O–H groups in total. The maximum Gasteiger partial charge on any atom is 0.449 e. The number of hydrogen-bond donors (Lipinski definition) is 1. The molecule has 1 aromatic carbocycles. The summed E-state index contributed by atoms with van der Waals surface area (Å²) in [5.74, 6) is -3.12. The van der Waals surface area contributed by atoms with E-state index in [4.69, 9.17) is 0 Å². The second-order valence-electron chi connectivity index (χ2n) is 4.37. The fraction of sp³-hybridized carbons (Fsp3) is 0.308. The number of nitrogens with one attached hydrogen (secondary N) is 1. The van der Waals surface area contributed by atoms with Gasteiger partial charge in [-0.25, -0.2) is 9.78 Å². The highest BCUT2D eigenvalue weighted by molar-refractivity contribution is 6.37. The Morgan fingerprint density at radius 3 is 2.64 bits per heavy atom. The molecule has 0 aliphatic carbocycles. The first-order valence-electron chi connectivity index (χ1n) is 6.25. The van der Waals surface area contributed by atoms with Gasteiger partial charge in [0.05, 0.1) is 17.6 Å². The molecule has 6 nitrogen and oxygen atoms in total. The molecular weight excluding hydrogens is 303 g/mol. The van der Waals surface area contributed by atoms with Crippen molar-refractivity contribution in [2.24, 2.45) is 7.05 Å². The van der Waals surface area contributed by atoms with E-state index in [1.54, 1.807) is 6.92 Å². The number of amides is 1. The second kappa shape index (κ2) is 5.66. The SMILES string of the molecule is CCOC(=O)C(=O)Nc1ccc2c(c1)nc(C(F)(F)F)n2C.